The van der Waals surface area contributed by atoms with Gasteiger partial charge in [-0.05, 0) is 18.5 Å². The molecular formula is C17H16F3NO. The molecule has 0 bridgehead atoms. The molecule has 0 radical (unpaired) electrons. The van der Waals surface area contributed by atoms with Crippen molar-refractivity contribution < 1.29 is 17.9 Å². The Balaban J connectivity index is 1.94. The second-order valence-corrected chi connectivity index (χ2v) is 5.40. The van der Waals surface area contributed by atoms with E-state index in [1.165, 1.54) is 0 Å². The normalized spacial score (nSPS) is 19.1. The molecule has 1 aliphatic heterocycles. The van der Waals surface area contributed by atoms with Crippen molar-refractivity contribution in [2.45, 2.75) is 12.5 Å². The number of hydrogen-bond donors (Lipinski definition) is 1. The van der Waals surface area contributed by atoms with Crippen molar-refractivity contribution in [1.82, 2.24) is 5.32 Å². The maximum absolute atomic E-state index is 13.9. The zero-order valence-electron chi connectivity index (χ0n) is 11.9. The van der Waals surface area contributed by atoms with Gasteiger partial charge < -0.3 is 10.1 Å². The fraction of sp³-hybridized carbons (Fsp3) is 0.294. The first-order chi connectivity index (χ1) is 10.6. The van der Waals surface area contributed by atoms with E-state index in [4.69, 9.17) is 4.74 Å². The second kappa shape index (κ2) is 6.40. The molecule has 1 saturated heterocycles. The van der Waals surface area contributed by atoms with E-state index in [0.29, 0.717) is 18.7 Å². The predicted molar refractivity (Wildman–Crippen MR) is 77.1 cm³/mol. The molecule has 0 aliphatic carbocycles. The molecule has 22 heavy (non-hydrogen) atoms. The number of halogens is 3. The Labute approximate surface area is 126 Å². The molecule has 2 aromatic rings. The van der Waals surface area contributed by atoms with Crippen LogP contribution in [0.5, 0.6) is 5.75 Å². The molecule has 1 aliphatic rings. The van der Waals surface area contributed by atoms with Crippen LogP contribution in [0.2, 0.25) is 0 Å². The minimum Gasteiger partial charge on any atom is -0.479 e. The van der Waals surface area contributed by atoms with Gasteiger partial charge in [0, 0.05) is 24.6 Å². The summed E-state index contributed by atoms with van der Waals surface area (Å²) >= 11 is 0. The van der Waals surface area contributed by atoms with Crippen molar-refractivity contribution in [2.75, 3.05) is 13.1 Å². The summed E-state index contributed by atoms with van der Waals surface area (Å²) in [5, 5.41) is 3.22. The fourth-order valence-corrected chi connectivity index (χ4v) is 2.78. The zero-order chi connectivity index (χ0) is 15.5. The summed E-state index contributed by atoms with van der Waals surface area (Å²) in [5.41, 5.74) is 0.847. The standard InChI is InChI=1S/C17H16F3NO/c18-13-8-14(19)17(15(20)9-13)22-16(12-6-7-21-10-12)11-4-2-1-3-5-11/h1-5,8-9,12,16,21H,6-7,10H2/t12?,16-/m0/s1. The van der Waals surface area contributed by atoms with Gasteiger partial charge in [0.25, 0.3) is 0 Å². The first kappa shape index (κ1) is 14.9. The maximum Gasteiger partial charge on any atom is 0.191 e. The largest absolute Gasteiger partial charge is 0.479 e. The molecule has 1 heterocycles. The van der Waals surface area contributed by atoms with Gasteiger partial charge in [0.15, 0.2) is 17.4 Å². The molecule has 0 saturated carbocycles. The van der Waals surface area contributed by atoms with E-state index in [9.17, 15) is 13.2 Å². The quantitative estimate of drug-likeness (QED) is 0.927. The summed E-state index contributed by atoms with van der Waals surface area (Å²) in [6, 6.07) is 10.6. The summed E-state index contributed by atoms with van der Waals surface area (Å²) in [7, 11) is 0. The Morgan fingerprint density at radius 1 is 1.05 bits per heavy atom. The van der Waals surface area contributed by atoms with Crippen molar-refractivity contribution in [1.29, 1.82) is 0 Å². The SMILES string of the molecule is Fc1cc(F)c(O[C@@H](c2ccccc2)C2CCNC2)c(F)c1. The smallest absolute Gasteiger partial charge is 0.191 e. The lowest BCUT2D eigenvalue weighted by Gasteiger charge is -2.25. The number of ether oxygens (including phenoxy) is 1. The second-order valence-electron chi connectivity index (χ2n) is 5.40. The van der Waals surface area contributed by atoms with Crippen LogP contribution in [-0.4, -0.2) is 13.1 Å². The van der Waals surface area contributed by atoms with Gasteiger partial charge in [0.2, 0.25) is 0 Å². The van der Waals surface area contributed by atoms with Gasteiger partial charge in [-0.2, -0.15) is 0 Å². The molecule has 1 unspecified atom stereocenters. The van der Waals surface area contributed by atoms with Gasteiger partial charge in [0.1, 0.15) is 11.9 Å². The van der Waals surface area contributed by atoms with Crippen LogP contribution in [0.1, 0.15) is 18.1 Å². The molecule has 5 heteroatoms. The molecule has 2 aromatic carbocycles. The molecule has 0 aromatic heterocycles. The Kier molecular flexibility index (Phi) is 4.34. The summed E-state index contributed by atoms with van der Waals surface area (Å²) in [6.07, 6.45) is 0.370. The molecule has 2 nitrogen and oxygen atoms in total. The topological polar surface area (TPSA) is 21.3 Å². The van der Waals surface area contributed by atoms with E-state index in [2.05, 4.69) is 5.32 Å². The lowest BCUT2D eigenvalue weighted by Crippen LogP contribution is -2.22. The molecular weight excluding hydrogens is 291 g/mol. The molecule has 116 valence electrons. The van der Waals surface area contributed by atoms with E-state index in [0.717, 1.165) is 18.5 Å². The van der Waals surface area contributed by atoms with Gasteiger partial charge in [-0.15, -0.1) is 0 Å². The van der Waals surface area contributed by atoms with Crippen molar-refractivity contribution in [2.24, 2.45) is 5.92 Å². The summed E-state index contributed by atoms with van der Waals surface area (Å²) < 4.78 is 46.4. The van der Waals surface area contributed by atoms with Crippen LogP contribution in [0.4, 0.5) is 13.2 Å². The van der Waals surface area contributed by atoms with Crippen LogP contribution in [0, 0.1) is 23.4 Å². The van der Waals surface area contributed by atoms with Gasteiger partial charge >= 0.3 is 0 Å². The predicted octanol–water partition coefficient (Wildman–Crippen LogP) is 3.83. The first-order valence-corrected chi connectivity index (χ1v) is 7.22. The van der Waals surface area contributed by atoms with E-state index in [1.807, 2.05) is 30.3 Å². The molecule has 0 amide bonds. The van der Waals surface area contributed by atoms with E-state index >= 15 is 0 Å². The maximum atomic E-state index is 13.9. The van der Waals surface area contributed by atoms with Crippen molar-refractivity contribution in [3.63, 3.8) is 0 Å². The molecule has 1 N–H and O–H groups in total. The number of benzene rings is 2. The average molecular weight is 307 g/mol. The highest BCUT2D eigenvalue weighted by Gasteiger charge is 2.29. The van der Waals surface area contributed by atoms with Crippen molar-refractivity contribution >= 4 is 0 Å². The number of hydrogen-bond acceptors (Lipinski definition) is 2. The molecule has 3 rings (SSSR count). The Morgan fingerprint density at radius 2 is 1.73 bits per heavy atom. The zero-order valence-corrected chi connectivity index (χ0v) is 11.9. The molecule has 0 spiro atoms. The third-order valence-corrected chi connectivity index (χ3v) is 3.86. The van der Waals surface area contributed by atoms with Crippen LogP contribution in [0.15, 0.2) is 42.5 Å². The van der Waals surface area contributed by atoms with Crippen LogP contribution in [-0.2, 0) is 0 Å². The van der Waals surface area contributed by atoms with E-state index in [1.54, 1.807) is 0 Å². The number of rotatable bonds is 4. The van der Waals surface area contributed by atoms with Crippen molar-refractivity contribution in [3.8, 4) is 5.75 Å². The van der Waals surface area contributed by atoms with E-state index in [-0.39, 0.29) is 5.92 Å². The van der Waals surface area contributed by atoms with Crippen LogP contribution in [0.3, 0.4) is 0 Å². The van der Waals surface area contributed by atoms with Crippen LogP contribution >= 0.6 is 0 Å². The third-order valence-electron chi connectivity index (χ3n) is 3.86. The summed E-state index contributed by atoms with van der Waals surface area (Å²) in [4.78, 5) is 0. The fourth-order valence-electron chi connectivity index (χ4n) is 2.78. The van der Waals surface area contributed by atoms with Gasteiger partial charge in [-0.25, -0.2) is 13.2 Å². The first-order valence-electron chi connectivity index (χ1n) is 7.22. The Bertz CT molecular complexity index is 619. The third kappa shape index (κ3) is 3.09. The monoisotopic (exact) mass is 307 g/mol. The minimum atomic E-state index is -1.02. The van der Waals surface area contributed by atoms with Crippen LogP contribution < -0.4 is 10.1 Å². The average Bonchev–Trinajstić information content (AvgIpc) is 3.01. The summed E-state index contributed by atoms with van der Waals surface area (Å²) in [5.74, 6) is -3.43. The molecule has 2 atom stereocenters. The van der Waals surface area contributed by atoms with Gasteiger partial charge in [0.05, 0.1) is 0 Å². The lowest BCUT2D eigenvalue weighted by molar-refractivity contribution is 0.131. The minimum absolute atomic E-state index is 0.103. The van der Waals surface area contributed by atoms with E-state index < -0.39 is 29.3 Å². The highest BCUT2D eigenvalue weighted by Crippen LogP contribution is 2.34. The molecule has 1 fully saturated rings. The van der Waals surface area contributed by atoms with Gasteiger partial charge in [-0.1, -0.05) is 30.3 Å². The number of nitrogens with one attached hydrogen (secondary N) is 1. The lowest BCUT2D eigenvalue weighted by atomic mass is 9.95. The van der Waals surface area contributed by atoms with Gasteiger partial charge in [-0.3, -0.25) is 0 Å². The van der Waals surface area contributed by atoms with Crippen molar-refractivity contribution in [3.05, 3.63) is 65.5 Å². The summed E-state index contributed by atoms with van der Waals surface area (Å²) in [6.45, 7) is 1.55. The van der Waals surface area contributed by atoms with Crippen LogP contribution in [0.25, 0.3) is 0 Å². The highest BCUT2D eigenvalue weighted by molar-refractivity contribution is 5.29. The Morgan fingerprint density at radius 3 is 2.32 bits per heavy atom. The Hall–Kier alpha value is -2.01. The highest BCUT2D eigenvalue weighted by atomic mass is 19.1.